The molecule has 0 N–H and O–H groups in total. The van der Waals surface area contributed by atoms with Gasteiger partial charge in [-0.2, -0.15) is 15.2 Å². The third kappa shape index (κ3) is 5.39. The zero-order chi connectivity index (χ0) is 22.5. The molecule has 0 radical (unpaired) electrons. The molecule has 0 aliphatic carbocycles. The van der Waals surface area contributed by atoms with E-state index in [1.807, 2.05) is 6.07 Å². The van der Waals surface area contributed by atoms with Gasteiger partial charge in [-0.3, -0.25) is 10.1 Å². The van der Waals surface area contributed by atoms with Crippen LogP contribution in [0.1, 0.15) is 18.1 Å². The number of rotatable bonds is 8. The number of carbonyl (C=O) groups is 1. The average Bonchev–Trinajstić information content (AvgIpc) is 2.67. The quantitative estimate of drug-likeness (QED) is 0.255. The molecule has 0 unspecified atom stereocenters. The first-order chi connectivity index (χ1) is 14.1. The predicted octanol–water partition coefficient (Wildman–Crippen LogP) is 1.70. The standard InChI is InChI=1S/C17H16N4O8S/c1-4-27-13(22)9-28-15-14(21(23)24)16(20-17(19-15)30(3,25)26)29-12-7-11(8-18)6-5-10(12)2/h5-7H,4,9H2,1-3H3. The molecule has 12 nitrogen and oxygen atoms in total. The van der Waals surface area contributed by atoms with Crippen LogP contribution in [0.5, 0.6) is 17.5 Å². The Morgan fingerprint density at radius 1 is 1.30 bits per heavy atom. The second-order valence-corrected chi connectivity index (χ2v) is 7.69. The molecule has 1 aromatic heterocycles. The summed E-state index contributed by atoms with van der Waals surface area (Å²) < 4.78 is 39.1. The average molecular weight is 436 g/mol. The maximum absolute atomic E-state index is 11.9. The smallest absolute Gasteiger partial charge is 0.392 e. The van der Waals surface area contributed by atoms with E-state index in [1.165, 1.54) is 18.2 Å². The largest absolute Gasteiger partial charge is 0.463 e. The summed E-state index contributed by atoms with van der Waals surface area (Å²) in [6, 6.07) is 6.24. The molecule has 1 heterocycles. The maximum atomic E-state index is 11.9. The van der Waals surface area contributed by atoms with Crippen LogP contribution in [-0.2, 0) is 19.4 Å². The highest BCUT2D eigenvalue weighted by molar-refractivity contribution is 7.90. The molecule has 0 saturated carbocycles. The van der Waals surface area contributed by atoms with Gasteiger partial charge in [-0.15, -0.1) is 0 Å². The summed E-state index contributed by atoms with van der Waals surface area (Å²) in [5, 5.41) is 19.9. The zero-order valence-electron chi connectivity index (χ0n) is 16.1. The second-order valence-electron chi connectivity index (χ2n) is 5.78. The van der Waals surface area contributed by atoms with Crippen molar-refractivity contribution in [2.75, 3.05) is 19.5 Å². The number of aryl methyl sites for hydroxylation is 1. The van der Waals surface area contributed by atoms with E-state index in [-0.39, 0.29) is 17.9 Å². The Hall–Kier alpha value is -3.79. The Morgan fingerprint density at radius 2 is 1.97 bits per heavy atom. The van der Waals surface area contributed by atoms with E-state index in [4.69, 9.17) is 14.7 Å². The Labute approximate surface area is 171 Å². The van der Waals surface area contributed by atoms with Crippen molar-refractivity contribution in [2.45, 2.75) is 19.0 Å². The number of nitrogens with zero attached hydrogens (tertiary/aromatic N) is 4. The fraction of sp³-hybridized carbons (Fsp3) is 0.294. The van der Waals surface area contributed by atoms with E-state index in [2.05, 4.69) is 14.7 Å². The van der Waals surface area contributed by atoms with Gasteiger partial charge in [0, 0.05) is 6.26 Å². The van der Waals surface area contributed by atoms with Crippen molar-refractivity contribution < 1.29 is 32.3 Å². The lowest BCUT2D eigenvalue weighted by atomic mass is 10.1. The number of esters is 1. The molecule has 13 heteroatoms. The monoisotopic (exact) mass is 436 g/mol. The number of benzene rings is 1. The zero-order valence-corrected chi connectivity index (χ0v) is 16.9. The summed E-state index contributed by atoms with van der Waals surface area (Å²) in [4.78, 5) is 29.4. The maximum Gasteiger partial charge on any atom is 0.392 e. The van der Waals surface area contributed by atoms with Crippen molar-refractivity contribution in [1.82, 2.24) is 9.97 Å². The van der Waals surface area contributed by atoms with Crippen LogP contribution in [-0.4, -0.2) is 48.7 Å². The number of carbonyl (C=O) groups excluding carboxylic acids is 1. The minimum absolute atomic E-state index is 0.0339. The molecule has 0 saturated heterocycles. The van der Waals surface area contributed by atoms with E-state index in [9.17, 15) is 23.3 Å². The summed E-state index contributed by atoms with van der Waals surface area (Å²) in [7, 11) is -4.03. The lowest BCUT2D eigenvalue weighted by molar-refractivity contribution is -0.387. The minimum Gasteiger partial charge on any atom is -0.463 e. The van der Waals surface area contributed by atoms with Crippen molar-refractivity contribution in [3.63, 3.8) is 0 Å². The van der Waals surface area contributed by atoms with Crippen LogP contribution < -0.4 is 9.47 Å². The lowest BCUT2D eigenvalue weighted by Gasteiger charge is -2.12. The van der Waals surface area contributed by atoms with Gasteiger partial charge in [-0.25, -0.2) is 13.2 Å². The number of nitriles is 1. The van der Waals surface area contributed by atoms with Crippen LogP contribution in [0.2, 0.25) is 0 Å². The van der Waals surface area contributed by atoms with Gasteiger partial charge in [0.1, 0.15) is 5.75 Å². The number of sulfone groups is 1. The van der Waals surface area contributed by atoms with Crippen LogP contribution in [0, 0.1) is 28.4 Å². The molecule has 1 aromatic carbocycles. The molecule has 0 bridgehead atoms. The molecule has 0 aliphatic heterocycles. The molecule has 0 fully saturated rings. The number of nitro groups is 1. The first kappa shape index (κ1) is 22.5. The molecule has 0 spiro atoms. The first-order valence-electron chi connectivity index (χ1n) is 8.30. The molecule has 0 atom stereocenters. The Balaban J connectivity index is 2.62. The highest BCUT2D eigenvalue weighted by Gasteiger charge is 2.32. The molecule has 2 rings (SSSR count). The van der Waals surface area contributed by atoms with Crippen molar-refractivity contribution in [3.8, 4) is 23.6 Å². The van der Waals surface area contributed by atoms with Crippen LogP contribution in [0.3, 0.4) is 0 Å². The highest BCUT2D eigenvalue weighted by atomic mass is 32.2. The van der Waals surface area contributed by atoms with Gasteiger partial charge >= 0.3 is 23.4 Å². The van der Waals surface area contributed by atoms with Gasteiger partial charge in [0.25, 0.3) is 5.16 Å². The lowest BCUT2D eigenvalue weighted by Crippen LogP contribution is -2.17. The van der Waals surface area contributed by atoms with Crippen LogP contribution in [0.15, 0.2) is 23.4 Å². The second kappa shape index (κ2) is 9.14. The SMILES string of the molecule is CCOC(=O)COc1nc(S(C)(=O)=O)nc(Oc2cc(C#N)ccc2C)c1[N+](=O)[O-]. The summed E-state index contributed by atoms with van der Waals surface area (Å²) in [5.74, 6) is -2.32. The molecular formula is C17H16N4O8S. The number of hydrogen-bond donors (Lipinski definition) is 0. The van der Waals surface area contributed by atoms with E-state index in [1.54, 1.807) is 13.8 Å². The van der Waals surface area contributed by atoms with E-state index < -0.39 is 49.9 Å². The molecular weight excluding hydrogens is 420 g/mol. The Bertz CT molecular complexity index is 1140. The van der Waals surface area contributed by atoms with Gasteiger partial charge in [0.05, 0.1) is 23.2 Å². The third-order valence-corrected chi connectivity index (χ3v) is 4.32. The van der Waals surface area contributed by atoms with Crippen molar-refractivity contribution in [3.05, 3.63) is 39.4 Å². The van der Waals surface area contributed by atoms with Gasteiger partial charge in [0.2, 0.25) is 9.84 Å². The van der Waals surface area contributed by atoms with E-state index in [0.29, 0.717) is 5.56 Å². The topological polar surface area (TPSA) is 172 Å². The number of hydrogen-bond acceptors (Lipinski definition) is 11. The summed E-state index contributed by atoms with van der Waals surface area (Å²) in [6.07, 6.45) is 0.786. The molecule has 0 aliphatic rings. The normalized spacial score (nSPS) is 10.7. The third-order valence-electron chi connectivity index (χ3n) is 3.47. The molecule has 0 amide bonds. The molecule has 2 aromatic rings. The van der Waals surface area contributed by atoms with Gasteiger partial charge in [0.15, 0.2) is 6.61 Å². The fourth-order valence-corrected chi connectivity index (χ4v) is 2.60. The predicted molar refractivity (Wildman–Crippen MR) is 99.9 cm³/mol. The van der Waals surface area contributed by atoms with Gasteiger partial charge < -0.3 is 14.2 Å². The number of ether oxygens (including phenoxy) is 3. The summed E-state index contributed by atoms with van der Waals surface area (Å²) in [5.41, 5.74) is -0.195. The van der Waals surface area contributed by atoms with Gasteiger partial charge in [-0.1, -0.05) is 6.07 Å². The van der Waals surface area contributed by atoms with Crippen molar-refractivity contribution >= 4 is 21.5 Å². The van der Waals surface area contributed by atoms with Crippen molar-refractivity contribution in [2.24, 2.45) is 0 Å². The highest BCUT2D eigenvalue weighted by Crippen LogP contribution is 2.38. The van der Waals surface area contributed by atoms with Crippen LogP contribution in [0.25, 0.3) is 0 Å². The van der Waals surface area contributed by atoms with E-state index in [0.717, 1.165) is 6.26 Å². The molecule has 30 heavy (non-hydrogen) atoms. The molecule has 158 valence electrons. The fourth-order valence-electron chi connectivity index (χ4n) is 2.10. The summed E-state index contributed by atoms with van der Waals surface area (Å²) in [6.45, 7) is 2.46. The van der Waals surface area contributed by atoms with Crippen LogP contribution in [0.4, 0.5) is 5.69 Å². The van der Waals surface area contributed by atoms with Crippen molar-refractivity contribution in [1.29, 1.82) is 5.26 Å². The number of aromatic nitrogens is 2. The van der Waals surface area contributed by atoms with Gasteiger partial charge in [-0.05, 0) is 31.5 Å². The van der Waals surface area contributed by atoms with Crippen LogP contribution >= 0.6 is 0 Å². The van der Waals surface area contributed by atoms with E-state index >= 15 is 0 Å². The minimum atomic E-state index is -4.03. The Kier molecular flexibility index (Phi) is 6.85. The first-order valence-corrected chi connectivity index (χ1v) is 10.2. The Morgan fingerprint density at radius 3 is 2.53 bits per heavy atom. The summed E-state index contributed by atoms with van der Waals surface area (Å²) >= 11 is 0.